The number of rotatable bonds is 2. The molecule has 1 aromatic rings. The molecule has 2 nitrogen and oxygen atoms in total. The second-order valence-electron chi connectivity index (χ2n) is 3.02. The van der Waals surface area contributed by atoms with Gasteiger partial charge >= 0.3 is 6.18 Å². The molecule has 1 aromatic carbocycles. The quantitative estimate of drug-likeness (QED) is 0.751. The van der Waals surface area contributed by atoms with Crippen molar-refractivity contribution in [3.8, 4) is 0 Å². The van der Waals surface area contributed by atoms with Crippen LogP contribution in [0.25, 0.3) is 0 Å². The van der Waals surface area contributed by atoms with Gasteiger partial charge in [0.15, 0.2) is 0 Å². The summed E-state index contributed by atoms with van der Waals surface area (Å²) in [7, 11) is 0. The Kier molecular flexibility index (Phi) is 3.31. The number of hydrogen-bond donors (Lipinski definition) is 2. The van der Waals surface area contributed by atoms with Crippen LogP contribution in [-0.2, 0) is 6.18 Å². The van der Waals surface area contributed by atoms with Crippen LogP contribution in [0.15, 0.2) is 18.2 Å². The number of aliphatic hydroxyl groups is 1. The Morgan fingerprint density at radius 1 is 1.33 bits per heavy atom. The van der Waals surface area contributed by atoms with Gasteiger partial charge in [0.25, 0.3) is 0 Å². The van der Waals surface area contributed by atoms with Crippen LogP contribution in [0, 0.1) is 5.82 Å². The monoisotopic (exact) mass is 223 g/mol. The molecule has 0 radical (unpaired) electrons. The molecule has 84 valence electrons. The minimum atomic E-state index is -4.54. The van der Waals surface area contributed by atoms with Crippen molar-refractivity contribution in [2.45, 2.75) is 12.2 Å². The fourth-order valence-electron chi connectivity index (χ4n) is 1.10. The molecule has 0 aromatic heterocycles. The summed E-state index contributed by atoms with van der Waals surface area (Å²) >= 11 is 0. The zero-order chi connectivity index (χ0) is 11.6. The number of aliphatic hydroxyl groups excluding tert-OH is 1. The van der Waals surface area contributed by atoms with Crippen molar-refractivity contribution in [1.29, 1.82) is 0 Å². The van der Waals surface area contributed by atoms with Gasteiger partial charge in [0.2, 0.25) is 0 Å². The molecule has 0 aliphatic carbocycles. The van der Waals surface area contributed by atoms with Crippen molar-refractivity contribution < 1.29 is 22.7 Å². The molecule has 0 spiro atoms. The van der Waals surface area contributed by atoms with Gasteiger partial charge < -0.3 is 10.8 Å². The van der Waals surface area contributed by atoms with Gasteiger partial charge in [-0.3, -0.25) is 0 Å². The van der Waals surface area contributed by atoms with E-state index in [1.165, 1.54) is 0 Å². The lowest BCUT2D eigenvalue weighted by Crippen LogP contribution is -2.17. The van der Waals surface area contributed by atoms with Gasteiger partial charge in [-0.2, -0.15) is 13.2 Å². The van der Waals surface area contributed by atoms with E-state index in [4.69, 9.17) is 10.8 Å². The molecule has 3 N–H and O–H groups in total. The molecule has 0 amide bonds. The Hall–Kier alpha value is -1.14. The molecular weight excluding hydrogens is 214 g/mol. The van der Waals surface area contributed by atoms with Crippen LogP contribution in [0.4, 0.5) is 17.6 Å². The van der Waals surface area contributed by atoms with Crippen molar-refractivity contribution in [1.82, 2.24) is 0 Å². The molecule has 0 aliphatic rings. The van der Waals surface area contributed by atoms with E-state index in [0.717, 1.165) is 0 Å². The summed E-state index contributed by atoms with van der Waals surface area (Å²) < 4.78 is 49.8. The van der Waals surface area contributed by atoms with Gasteiger partial charge in [-0.1, -0.05) is 0 Å². The highest BCUT2D eigenvalue weighted by molar-refractivity contribution is 5.29. The van der Waals surface area contributed by atoms with E-state index in [0.29, 0.717) is 18.2 Å². The first-order chi connectivity index (χ1) is 6.86. The molecule has 0 saturated heterocycles. The van der Waals surface area contributed by atoms with Crippen LogP contribution in [0.2, 0.25) is 0 Å². The molecule has 1 rings (SSSR count). The van der Waals surface area contributed by atoms with E-state index < -0.39 is 30.2 Å². The van der Waals surface area contributed by atoms with Crippen LogP contribution >= 0.6 is 0 Å². The standard InChI is InChI=1S/C9H9F4NO/c10-7-2-1-5(9(11,12)13)3-6(7)8(14)4-15/h1-3,8,15H,4,14H2/t8-/m0/s1. The Balaban J connectivity index is 3.17. The van der Waals surface area contributed by atoms with E-state index in [1.807, 2.05) is 0 Å². The highest BCUT2D eigenvalue weighted by Gasteiger charge is 2.31. The molecule has 0 unspecified atom stereocenters. The van der Waals surface area contributed by atoms with Gasteiger partial charge in [0.05, 0.1) is 18.2 Å². The highest BCUT2D eigenvalue weighted by atomic mass is 19.4. The third-order valence-corrected chi connectivity index (χ3v) is 1.92. The van der Waals surface area contributed by atoms with Crippen molar-refractivity contribution >= 4 is 0 Å². The van der Waals surface area contributed by atoms with Crippen LogP contribution in [0.5, 0.6) is 0 Å². The molecule has 6 heteroatoms. The summed E-state index contributed by atoms with van der Waals surface area (Å²) in [5, 5.41) is 8.63. The van der Waals surface area contributed by atoms with Gasteiger partial charge in [0, 0.05) is 5.56 Å². The second-order valence-corrected chi connectivity index (χ2v) is 3.02. The fraction of sp³-hybridized carbons (Fsp3) is 0.333. The smallest absolute Gasteiger partial charge is 0.394 e. The van der Waals surface area contributed by atoms with Crippen molar-refractivity contribution in [3.63, 3.8) is 0 Å². The first kappa shape index (κ1) is 11.9. The van der Waals surface area contributed by atoms with E-state index in [1.54, 1.807) is 0 Å². The topological polar surface area (TPSA) is 46.2 Å². The molecule has 0 saturated carbocycles. The Labute approximate surface area is 83.3 Å². The predicted octanol–water partition coefficient (Wildman–Crippen LogP) is 1.84. The average molecular weight is 223 g/mol. The summed E-state index contributed by atoms with van der Waals surface area (Å²) in [6.07, 6.45) is -4.54. The molecule has 15 heavy (non-hydrogen) atoms. The SMILES string of the molecule is N[C@@H](CO)c1cc(C(F)(F)F)ccc1F. The molecule has 0 heterocycles. The van der Waals surface area contributed by atoms with Crippen molar-refractivity contribution in [2.24, 2.45) is 5.73 Å². The zero-order valence-electron chi connectivity index (χ0n) is 7.55. The van der Waals surface area contributed by atoms with Gasteiger partial charge in [-0.25, -0.2) is 4.39 Å². The normalized spacial score (nSPS) is 14.0. The second kappa shape index (κ2) is 4.16. The number of alkyl halides is 3. The maximum Gasteiger partial charge on any atom is 0.416 e. The Morgan fingerprint density at radius 3 is 2.40 bits per heavy atom. The fourth-order valence-corrected chi connectivity index (χ4v) is 1.10. The lowest BCUT2D eigenvalue weighted by molar-refractivity contribution is -0.137. The third-order valence-electron chi connectivity index (χ3n) is 1.92. The van der Waals surface area contributed by atoms with Gasteiger partial charge in [-0.05, 0) is 18.2 Å². The lowest BCUT2D eigenvalue weighted by atomic mass is 10.0. The summed E-state index contributed by atoms with van der Waals surface area (Å²) in [5.41, 5.74) is 3.93. The van der Waals surface area contributed by atoms with Crippen LogP contribution in [0.3, 0.4) is 0 Å². The van der Waals surface area contributed by atoms with Crippen LogP contribution in [-0.4, -0.2) is 11.7 Å². The number of hydrogen-bond acceptors (Lipinski definition) is 2. The van der Waals surface area contributed by atoms with E-state index in [-0.39, 0.29) is 5.56 Å². The molecule has 1 atom stereocenters. The Bertz CT molecular complexity index is 350. The maximum atomic E-state index is 13.0. The maximum absolute atomic E-state index is 13.0. The van der Waals surface area contributed by atoms with E-state index in [2.05, 4.69) is 0 Å². The average Bonchev–Trinajstić information content (AvgIpc) is 2.15. The molecule has 0 bridgehead atoms. The largest absolute Gasteiger partial charge is 0.416 e. The first-order valence-electron chi connectivity index (χ1n) is 4.09. The van der Waals surface area contributed by atoms with Gasteiger partial charge in [-0.15, -0.1) is 0 Å². The summed E-state index contributed by atoms with van der Waals surface area (Å²) in [4.78, 5) is 0. The molecule has 0 aliphatic heterocycles. The lowest BCUT2D eigenvalue weighted by Gasteiger charge is -2.13. The first-order valence-corrected chi connectivity index (χ1v) is 4.09. The molecule has 0 fully saturated rings. The molecular formula is C9H9F4NO. The van der Waals surface area contributed by atoms with Gasteiger partial charge in [0.1, 0.15) is 5.82 Å². The summed E-state index contributed by atoms with van der Waals surface area (Å²) in [6.45, 7) is -0.613. The summed E-state index contributed by atoms with van der Waals surface area (Å²) in [5.74, 6) is -0.857. The number of halogens is 4. The van der Waals surface area contributed by atoms with Crippen LogP contribution in [0.1, 0.15) is 17.2 Å². The number of benzene rings is 1. The third kappa shape index (κ3) is 2.66. The zero-order valence-corrected chi connectivity index (χ0v) is 7.55. The summed E-state index contributed by atoms with van der Waals surface area (Å²) in [6, 6.07) is 0.777. The predicted molar refractivity (Wildman–Crippen MR) is 45.4 cm³/mol. The van der Waals surface area contributed by atoms with Crippen molar-refractivity contribution in [2.75, 3.05) is 6.61 Å². The van der Waals surface area contributed by atoms with E-state index in [9.17, 15) is 17.6 Å². The van der Waals surface area contributed by atoms with E-state index >= 15 is 0 Å². The Morgan fingerprint density at radius 2 is 1.93 bits per heavy atom. The minimum absolute atomic E-state index is 0.340. The minimum Gasteiger partial charge on any atom is -0.394 e. The number of nitrogens with two attached hydrogens (primary N) is 1. The van der Waals surface area contributed by atoms with Crippen LogP contribution < -0.4 is 5.73 Å². The van der Waals surface area contributed by atoms with Crippen molar-refractivity contribution in [3.05, 3.63) is 35.1 Å². The highest BCUT2D eigenvalue weighted by Crippen LogP contribution is 2.31.